The first-order chi connectivity index (χ1) is 9.98. The van der Waals surface area contributed by atoms with E-state index in [9.17, 15) is 4.79 Å². The molecule has 1 aliphatic rings. The van der Waals surface area contributed by atoms with Crippen LogP contribution in [-0.4, -0.2) is 19.0 Å². The summed E-state index contributed by atoms with van der Waals surface area (Å²) in [5.74, 6) is 0.149. The van der Waals surface area contributed by atoms with E-state index >= 15 is 0 Å². The molecule has 0 aliphatic carbocycles. The van der Waals surface area contributed by atoms with Gasteiger partial charge in [0.15, 0.2) is 0 Å². The van der Waals surface area contributed by atoms with Gasteiger partial charge in [-0.05, 0) is 88.8 Å². The van der Waals surface area contributed by atoms with Crippen molar-refractivity contribution in [2.24, 2.45) is 5.41 Å². The van der Waals surface area contributed by atoms with E-state index < -0.39 is 0 Å². The number of aryl methyl sites for hydroxylation is 1. The molecule has 2 N–H and O–H groups in total. The smallest absolute Gasteiger partial charge is 0.230 e. The third kappa shape index (κ3) is 3.88. The Balaban J connectivity index is 2.23. The Kier molecular flexibility index (Phi) is 5.86. The van der Waals surface area contributed by atoms with Crippen molar-refractivity contribution in [2.45, 2.75) is 39.5 Å². The van der Waals surface area contributed by atoms with Gasteiger partial charge in [0.2, 0.25) is 5.91 Å². The maximum absolute atomic E-state index is 12.9. The van der Waals surface area contributed by atoms with Crippen molar-refractivity contribution in [3.05, 3.63) is 26.6 Å². The Hall–Kier alpha value is -0.390. The van der Waals surface area contributed by atoms with E-state index in [0.717, 1.165) is 59.0 Å². The van der Waals surface area contributed by atoms with E-state index in [1.54, 1.807) is 0 Å². The molecule has 0 unspecified atom stereocenters. The second-order valence-corrected chi connectivity index (χ2v) is 7.55. The monoisotopic (exact) mass is 416 g/mol. The van der Waals surface area contributed by atoms with Gasteiger partial charge >= 0.3 is 0 Å². The van der Waals surface area contributed by atoms with Gasteiger partial charge in [0, 0.05) is 8.95 Å². The highest BCUT2D eigenvalue weighted by Crippen LogP contribution is 2.38. The summed E-state index contributed by atoms with van der Waals surface area (Å²) in [5, 5.41) is 6.49. The Morgan fingerprint density at radius 1 is 1.29 bits per heavy atom. The average molecular weight is 418 g/mol. The maximum atomic E-state index is 12.9. The number of benzene rings is 1. The molecule has 1 aromatic carbocycles. The summed E-state index contributed by atoms with van der Waals surface area (Å²) in [6.07, 6.45) is 3.80. The lowest BCUT2D eigenvalue weighted by Gasteiger charge is -2.36. The van der Waals surface area contributed by atoms with Crippen LogP contribution in [0.15, 0.2) is 21.1 Å². The number of anilines is 1. The fourth-order valence-electron chi connectivity index (χ4n) is 3.04. The van der Waals surface area contributed by atoms with Crippen molar-refractivity contribution in [1.29, 1.82) is 0 Å². The molecular weight excluding hydrogens is 396 g/mol. The molecule has 0 saturated carbocycles. The van der Waals surface area contributed by atoms with Gasteiger partial charge in [-0.1, -0.05) is 13.3 Å². The number of carbonyl (C=O) groups is 1. The predicted octanol–water partition coefficient (Wildman–Crippen LogP) is 4.63. The summed E-state index contributed by atoms with van der Waals surface area (Å²) in [4.78, 5) is 12.9. The lowest BCUT2D eigenvalue weighted by molar-refractivity contribution is -0.127. The van der Waals surface area contributed by atoms with Gasteiger partial charge in [0.25, 0.3) is 0 Å². The van der Waals surface area contributed by atoms with Crippen LogP contribution in [0.2, 0.25) is 0 Å². The van der Waals surface area contributed by atoms with Crippen molar-refractivity contribution in [1.82, 2.24) is 5.32 Å². The first-order valence-electron chi connectivity index (χ1n) is 7.46. The summed E-state index contributed by atoms with van der Waals surface area (Å²) in [6, 6.07) is 4.05. The van der Waals surface area contributed by atoms with Gasteiger partial charge < -0.3 is 10.6 Å². The predicted molar refractivity (Wildman–Crippen MR) is 94.7 cm³/mol. The first-order valence-corrected chi connectivity index (χ1v) is 9.05. The van der Waals surface area contributed by atoms with Crippen LogP contribution in [0, 0.1) is 12.3 Å². The minimum Gasteiger partial charge on any atom is -0.324 e. The third-order valence-electron chi connectivity index (χ3n) is 4.20. The fourth-order valence-corrected chi connectivity index (χ4v) is 4.65. The molecular formula is C16H22Br2N2O. The molecule has 1 saturated heterocycles. The van der Waals surface area contributed by atoms with Gasteiger partial charge in [-0.15, -0.1) is 0 Å². The number of carbonyl (C=O) groups excluding carboxylic acids is 1. The summed E-state index contributed by atoms with van der Waals surface area (Å²) in [7, 11) is 0. The van der Waals surface area contributed by atoms with Gasteiger partial charge in [-0.25, -0.2) is 0 Å². The van der Waals surface area contributed by atoms with E-state index in [1.165, 1.54) is 0 Å². The Labute approximate surface area is 143 Å². The zero-order valence-corrected chi connectivity index (χ0v) is 15.7. The summed E-state index contributed by atoms with van der Waals surface area (Å²) in [6.45, 7) is 6.02. The average Bonchev–Trinajstić information content (AvgIpc) is 2.44. The van der Waals surface area contributed by atoms with Crippen molar-refractivity contribution in [3.8, 4) is 0 Å². The Morgan fingerprint density at radius 3 is 2.38 bits per heavy atom. The molecule has 0 atom stereocenters. The highest BCUT2D eigenvalue weighted by atomic mass is 79.9. The van der Waals surface area contributed by atoms with Crippen LogP contribution in [0.25, 0.3) is 0 Å². The molecule has 1 amide bonds. The van der Waals surface area contributed by atoms with Gasteiger partial charge in [-0.2, -0.15) is 0 Å². The molecule has 5 heteroatoms. The maximum Gasteiger partial charge on any atom is 0.230 e. The molecule has 0 radical (unpaired) electrons. The molecule has 0 aromatic heterocycles. The number of piperidine rings is 1. The van der Waals surface area contributed by atoms with Gasteiger partial charge in [0.1, 0.15) is 0 Å². The number of nitrogens with one attached hydrogen (secondary N) is 2. The fraction of sp³-hybridized carbons (Fsp3) is 0.562. The minimum absolute atomic E-state index is 0.149. The molecule has 21 heavy (non-hydrogen) atoms. The van der Waals surface area contributed by atoms with Crippen LogP contribution < -0.4 is 10.6 Å². The van der Waals surface area contributed by atoms with Crippen LogP contribution in [0.3, 0.4) is 0 Å². The second-order valence-electron chi connectivity index (χ2n) is 5.84. The lowest BCUT2D eigenvalue weighted by Crippen LogP contribution is -2.45. The molecule has 1 aliphatic heterocycles. The molecule has 2 rings (SSSR count). The Morgan fingerprint density at radius 2 is 1.86 bits per heavy atom. The van der Waals surface area contributed by atoms with Crippen LogP contribution in [0.1, 0.15) is 38.2 Å². The molecule has 0 bridgehead atoms. The van der Waals surface area contributed by atoms with E-state index in [1.807, 2.05) is 19.1 Å². The quantitative estimate of drug-likeness (QED) is 0.749. The zero-order chi connectivity index (χ0) is 15.5. The number of hydrogen-bond donors (Lipinski definition) is 2. The Bertz CT molecular complexity index is 496. The van der Waals surface area contributed by atoms with E-state index in [0.29, 0.717) is 0 Å². The zero-order valence-electron chi connectivity index (χ0n) is 12.6. The van der Waals surface area contributed by atoms with Crippen molar-refractivity contribution in [2.75, 3.05) is 18.4 Å². The molecule has 1 fully saturated rings. The van der Waals surface area contributed by atoms with Crippen LogP contribution in [-0.2, 0) is 4.79 Å². The molecule has 1 aromatic rings. The highest BCUT2D eigenvalue weighted by Gasteiger charge is 2.38. The molecule has 0 spiro atoms. The summed E-state index contributed by atoms with van der Waals surface area (Å²) < 4.78 is 1.84. The third-order valence-corrected chi connectivity index (χ3v) is 5.45. The summed E-state index contributed by atoms with van der Waals surface area (Å²) in [5.41, 5.74) is 1.75. The SMILES string of the molecule is CCCC1(C(=O)Nc2c(Br)cc(C)cc2Br)CCNCC1. The van der Waals surface area contributed by atoms with Gasteiger partial charge in [-0.3, -0.25) is 4.79 Å². The minimum atomic E-state index is -0.232. The number of halogens is 2. The van der Waals surface area contributed by atoms with Gasteiger partial charge in [0.05, 0.1) is 11.1 Å². The topological polar surface area (TPSA) is 41.1 Å². The molecule has 116 valence electrons. The van der Waals surface area contributed by atoms with Crippen molar-refractivity contribution >= 4 is 43.5 Å². The first kappa shape index (κ1) is 17.0. The second kappa shape index (κ2) is 7.25. The number of amides is 1. The van der Waals surface area contributed by atoms with Crippen LogP contribution in [0.4, 0.5) is 5.69 Å². The van der Waals surface area contributed by atoms with Crippen molar-refractivity contribution < 1.29 is 4.79 Å². The largest absolute Gasteiger partial charge is 0.324 e. The standard InChI is InChI=1S/C16H22Br2N2O/c1-3-4-16(5-7-19-8-6-16)15(21)20-14-12(17)9-11(2)10-13(14)18/h9-10,19H,3-8H2,1-2H3,(H,20,21). The van der Waals surface area contributed by atoms with E-state index in [-0.39, 0.29) is 11.3 Å². The summed E-state index contributed by atoms with van der Waals surface area (Å²) >= 11 is 7.10. The lowest BCUT2D eigenvalue weighted by atomic mass is 9.74. The van der Waals surface area contributed by atoms with E-state index in [2.05, 4.69) is 49.4 Å². The number of rotatable bonds is 4. The van der Waals surface area contributed by atoms with E-state index in [4.69, 9.17) is 0 Å². The van der Waals surface area contributed by atoms with Crippen molar-refractivity contribution in [3.63, 3.8) is 0 Å². The molecule has 3 nitrogen and oxygen atoms in total. The highest BCUT2D eigenvalue weighted by molar-refractivity contribution is 9.11. The van der Waals surface area contributed by atoms with Crippen LogP contribution in [0.5, 0.6) is 0 Å². The normalized spacial score (nSPS) is 17.5. The number of hydrogen-bond acceptors (Lipinski definition) is 2. The van der Waals surface area contributed by atoms with Crippen LogP contribution >= 0.6 is 31.9 Å². The molecule has 1 heterocycles.